The van der Waals surface area contributed by atoms with Crippen molar-refractivity contribution in [1.82, 2.24) is 5.32 Å². The number of carbonyl (C=O) groups excluding carboxylic acids is 1. The molecule has 0 heterocycles. The van der Waals surface area contributed by atoms with E-state index >= 15 is 0 Å². The molecule has 0 aromatic carbocycles. The molecule has 0 rings (SSSR count). The second kappa shape index (κ2) is 7.55. The number of nitrogens with one attached hydrogen (secondary N) is 1. The first-order chi connectivity index (χ1) is 7.76. The van der Waals surface area contributed by atoms with E-state index in [1.807, 2.05) is 20.1 Å². The number of carboxylic acid groups (broad SMARTS) is 1. The second-order valence-electron chi connectivity index (χ2n) is 4.73. The highest BCUT2D eigenvalue weighted by Gasteiger charge is 2.20. The van der Waals surface area contributed by atoms with Gasteiger partial charge in [0.15, 0.2) is 0 Å². The number of rotatable bonds is 8. The third kappa shape index (κ3) is 9.00. The van der Waals surface area contributed by atoms with Crippen LogP contribution in [0.3, 0.4) is 0 Å². The highest BCUT2D eigenvalue weighted by Crippen LogP contribution is 2.07. The van der Waals surface area contributed by atoms with Crippen LogP contribution in [0.4, 0.5) is 0 Å². The van der Waals surface area contributed by atoms with Crippen LogP contribution in [-0.2, 0) is 9.59 Å². The Morgan fingerprint density at radius 2 is 2.06 bits per heavy atom. The van der Waals surface area contributed by atoms with Crippen molar-refractivity contribution < 1.29 is 14.7 Å². The molecule has 17 heavy (non-hydrogen) atoms. The molecular formula is C11H22N2O3S. The molecule has 4 N–H and O–H groups in total. The predicted molar refractivity (Wildman–Crippen MR) is 70.1 cm³/mol. The molecule has 6 heteroatoms. The van der Waals surface area contributed by atoms with E-state index in [4.69, 9.17) is 10.8 Å². The first-order valence-corrected chi connectivity index (χ1v) is 6.95. The van der Waals surface area contributed by atoms with Gasteiger partial charge in [0.1, 0.15) is 6.04 Å². The Morgan fingerprint density at radius 3 is 2.47 bits per heavy atom. The zero-order chi connectivity index (χ0) is 13.5. The summed E-state index contributed by atoms with van der Waals surface area (Å²) in [5.74, 6) is -0.531. The Hall–Kier alpha value is -0.750. The minimum absolute atomic E-state index is 0.253. The molecule has 0 unspecified atom stereocenters. The molecule has 0 spiro atoms. The number of thioether (sulfide) groups is 1. The maximum Gasteiger partial charge on any atom is 0.326 e. The van der Waals surface area contributed by atoms with Crippen LogP contribution in [-0.4, -0.2) is 40.6 Å². The number of hydrogen-bond donors (Lipinski definition) is 3. The molecule has 0 saturated carbocycles. The van der Waals surface area contributed by atoms with Gasteiger partial charge in [-0.2, -0.15) is 11.8 Å². The number of hydrogen-bond acceptors (Lipinski definition) is 4. The van der Waals surface area contributed by atoms with Gasteiger partial charge < -0.3 is 16.2 Å². The standard InChI is InChI=1S/C11H22N2O3S/c1-11(2,12)6-4-9(14)13-8(10(15)16)5-7-17-3/h8H,4-7,12H2,1-3H3,(H,13,14)(H,15,16)/t8-/m0/s1. The van der Waals surface area contributed by atoms with Crippen LogP contribution in [0.2, 0.25) is 0 Å². The lowest BCUT2D eigenvalue weighted by Gasteiger charge is -2.19. The predicted octanol–water partition coefficient (Wildman–Crippen LogP) is 0.826. The molecule has 1 atom stereocenters. The van der Waals surface area contributed by atoms with Gasteiger partial charge in [0.25, 0.3) is 0 Å². The smallest absolute Gasteiger partial charge is 0.326 e. The van der Waals surface area contributed by atoms with Crippen LogP contribution in [0.5, 0.6) is 0 Å². The maximum absolute atomic E-state index is 11.5. The van der Waals surface area contributed by atoms with Gasteiger partial charge in [-0.25, -0.2) is 4.79 Å². The molecule has 0 aliphatic heterocycles. The van der Waals surface area contributed by atoms with Gasteiger partial charge in [-0.1, -0.05) is 0 Å². The van der Waals surface area contributed by atoms with Crippen LogP contribution in [0.15, 0.2) is 0 Å². The second-order valence-corrected chi connectivity index (χ2v) is 5.71. The topological polar surface area (TPSA) is 92.4 Å². The Bertz CT molecular complexity index is 264. The van der Waals surface area contributed by atoms with Crippen LogP contribution < -0.4 is 11.1 Å². The monoisotopic (exact) mass is 262 g/mol. The summed E-state index contributed by atoms with van der Waals surface area (Å²) in [5, 5.41) is 11.4. The van der Waals surface area contributed by atoms with Crippen molar-refractivity contribution in [1.29, 1.82) is 0 Å². The van der Waals surface area contributed by atoms with E-state index in [9.17, 15) is 9.59 Å². The first kappa shape index (κ1) is 16.2. The SMILES string of the molecule is CSCC[C@H](NC(=O)CCC(C)(C)N)C(=O)O. The molecular weight excluding hydrogens is 240 g/mol. The van der Waals surface area contributed by atoms with Crippen molar-refractivity contribution in [3.05, 3.63) is 0 Å². The van der Waals surface area contributed by atoms with Gasteiger partial charge in [-0.15, -0.1) is 0 Å². The highest BCUT2D eigenvalue weighted by molar-refractivity contribution is 7.98. The van der Waals surface area contributed by atoms with Crippen molar-refractivity contribution in [3.8, 4) is 0 Å². The largest absolute Gasteiger partial charge is 0.480 e. The van der Waals surface area contributed by atoms with Crippen molar-refractivity contribution >= 4 is 23.6 Å². The van der Waals surface area contributed by atoms with E-state index < -0.39 is 17.6 Å². The summed E-state index contributed by atoms with van der Waals surface area (Å²) in [6, 6.07) is -0.796. The van der Waals surface area contributed by atoms with E-state index in [0.29, 0.717) is 18.6 Å². The summed E-state index contributed by atoms with van der Waals surface area (Å²) >= 11 is 1.56. The Morgan fingerprint density at radius 1 is 1.47 bits per heavy atom. The van der Waals surface area contributed by atoms with Gasteiger partial charge in [-0.3, -0.25) is 4.79 Å². The summed E-state index contributed by atoms with van der Waals surface area (Å²) < 4.78 is 0. The van der Waals surface area contributed by atoms with Gasteiger partial charge >= 0.3 is 5.97 Å². The lowest BCUT2D eigenvalue weighted by molar-refractivity contribution is -0.141. The van der Waals surface area contributed by atoms with E-state index in [0.717, 1.165) is 0 Å². The normalized spacial score (nSPS) is 13.2. The average molecular weight is 262 g/mol. The molecule has 0 radical (unpaired) electrons. The minimum atomic E-state index is -0.987. The summed E-state index contributed by atoms with van der Waals surface area (Å²) in [5.41, 5.74) is 5.35. The van der Waals surface area contributed by atoms with Crippen molar-refractivity contribution in [2.24, 2.45) is 5.73 Å². The van der Waals surface area contributed by atoms with E-state index in [2.05, 4.69) is 5.32 Å². The molecule has 0 fully saturated rings. The number of nitrogens with two attached hydrogens (primary N) is 1. The molecule has 0 aliphatic carbocycles. The Labute approximate surface area is 107 Å². The molecule has 0 aromatic rings. The molecule has 0 bridgehead atoms. The van der Waals surface area contributed by atoms with E-state index in [1.165, 1.54) is 0 Å². The summed E-state index contributed by atoms with van der Waals surface area (Å²) in [6.07, 6.45) is 3.13. The zero-order valence-corrected chi connectivity index (χ0v) is 11.5. The van der Waals surface area contributed by atoms with Crippen molar-refractivity contribution in [2.45, 2.75) is 44.7 Å². The number of amides is 1. The van der Waals surface area contributed by atoms with Gasteiger partial charge in [-0.05, 0) is 38.7 Å². The van der Waals surface area contributed by atoms with Crippen molar-refractivity contribution in [2.75, 3.05) is 12.0 Å². The maximum atomic E-state index is 11.5. The Kier molecular flexibility index (Phi) is 7.22. The van der Waals surface area contributed by atoms with Gasteiger partial charge in [0.05, 0.1) is 0 Å². The van der Waals surface area contributed by atoms with Gasteiger partial charge in [0.2, 0.25) is 5.91 Å². The molecule has 0 aliphatic rings. The Balaban J connectivity index is 4.08. The lowest BCUT2D eigenvalue weighted by Crippen LogP contribution is -2.42. The zero-order valence-electron chi connectivity index (χ0n) is 10.7. The molecule has 0 aromatic heterocycles. The van der Waals surface area contributed by atoms with Crippen molar-refractivity contribution in [3.63, 3.8) is 0 Å². The highest BCUT2D eigenvalue weighted by atomic mass is 32.2. The number of carbonyl (C=O) groups is 2. The van der Waals surface area contributed by atoms with E-state index in [1.54, 1.807) is 11.8 Å². The van der Waals surface area contributed by atoms with Crippen LogP contribution >= 0.6 is 11.8 Å². The van der Waals surface area contributed by atoms with E-state index in [-0.39, 0.29) is 12.3 Å². The molecule has 0 saturated heterocycles. The number of carboxylic acids is 1. The average Bonchev–Trinajstić information content (AvgIpc) is 2.19. The van der Waals surface area contributed by atoms with Crippen LogP contribution in [0.1, 0.15) is 33.1 Å². The quantitative estimate of drug-likeness (QED) is 0.602. The fourth-order valence-electron chi connectivity index (χ4n) is 1.20. The minimum Gasteiger partial charge on any atom is -0.480 e. The van der Waals surface area contributed by atoms with Gasteiger partial charge in [0, 0.05) is 12.0 Å². The molecule has 100 valence electrons. The third-order valence-electron chi connectivity index (χ3n) is 2.24. The first-order valence-electron chi connectivity index (χ1n) is 5.56. The van der Waals surface area contributed by atoms with Crippen LogP contribution in [0.25, 0.3) is 0 Å². The third-order valence-corrected chi connectivity index (χ3v) is 2.88. The number of aliphatic carboxylic acids is 1. The summed E-state index contributed by atoms with van der Waals surface area (Å²) in [7, 11) is 0. The fourth-order valence-corrected chi connectivity index (χ4v) is 1.67. The van der Waals surface area contributed by atoms with Crippen LogP contribution in [0, 0.1) is 0 Å². The molecule has 5 nitrogen and oxygen atoms in total. The lowest BCUT2D eigenvalue weighted by atomic mass is 10.00. The molecule has 1 amide bonds. The fraction of sp³-hybridized carbons (Fsp3) is 0.818. The summed E-state index contributed by atoms with van der Waals surface area (Å²) in [4.78, 5) is 22.4. The summed E-state index contributed by atoms with van der Waals surface area (Å²) in [6.45, 7) is 3.67.